The molecule has 0 saturated heterocycles. The van der Waals surface area contributed by atoms with E-state index in [1.807, 2.05) is 70.2 Å². The Kier molecular flexibility index (Phi) is 5.92. The standard InChI is InChI=1S/C23H30N2O3/c1-17-10-13-20(28-17)15-24(14-18-8-6-5-7-9-18)21(26)16-25(23(2,3)4)22(27)19-11-12-19/h5-10,13,19H,11-12,14-16H2,1-4H3. The second-order valence-corrected chi connectivity index (χ2v) is 8.62. The molecule has 1 saturated carbocycles. The van der Waals surface area contributed by atoms with Crippen molar-refractivity contribution in [1.29, 1.82) is 0 Å². The fraction of sp³-hybridized carbons (Fsp3) is 0.478. The largest absolute Gasteiger partial charge is 0.464 e. The van der Waals surface area contributed by atoms with E-state index in [-0.39, 0.29) is 24.3 Å². The number of amides is 2. The van der Waals surface area contributed by atoms with Crippen molar-refractivity contribution in [2.24, 2.45) is 5.92 Å². The Morgan fingerprint density at radius 1 is 1.04 bits per heavy atom. The monoisotopic (exact) mass is 382 g/mol. The van der Waals surface area contributed by atoms with Crippen LogP contribution in [0.15, 0.2) is 46.9 Å². The van der Waals surface area contributed by atoms with E-state index in [9.17, 15) is 9.59 Å². The number of carbonyl (C=O) groups is 2. The molecule has 0 N–H and O–H groups in total. The van der Waals surface area contributed by atoms with Gasteiger partial charge in [0.15, 0.2) is 0 Å². The summed E-state index contributed by atoms with van der Waals surface area (Å²) in [6.07, 6.45) is 1.86. The lowest BCUT2D eigenvalue weighted by atomic mass is 10.0. The zero-order valence-electron chi connectivity index (χ0n) is 17.3. The molecule has 1 aromatic carbocycles. The molecule has 2 aromatic rings. The number of furan rings is 1. The molecule has 0 unspecified atom stereocenters. The van der Waals surface area contributed by atoms with Crippen LogP contribution in [0.5, 0.6) is 0 Å². The van der Waals surface area contributed by atoms with Crippen LogP contribution in [-0.2, 0) is 22.7 Å². The van der Waals surface area contributed by atoms with Gasteiger partial charge in [-0.25, -0.2) is 0 Å². The van der Waals surface area contributed by atoms with Gasteiger partial charge in [0, 0.05) is 18.0 Å². The number of benzene rings is 1. The first-order valence-electron chi connectivity index (χ1n) is 9.92. The minimum absolute atomic E-state index is 0.0677. The average Bonchev–Trinajstić information content (AvgIpc) is 3.41. The summed E-state index contributed by atoms with van der Waals surface area (Å²) < 4.78 is 5.70. The molecule has 0 atom stereocenters. The summed E-state index contributed by atoms with van der Waals surface area (Å²) >= 11 is 0. The van der Waals surface area contributed by atoms with Gasteiger partial charge in [-0.1, -0.05) is 30.3 Å². The van der Waals surface area contributed by atoms with E-state index in [2.05, 4.69) is 0 Å². The minimum atomic E-state index is -0.394. The van der Waals surface area contributed by atoms with Crippen LogP contribution in [0.4, 0.5) is 0 Å². The fourth-order valence-electron chi connectivity index (χ4n) is 3.23. The van der Waals surface area contributed by atoms with Crippen LogP contribution >= 0.6 is 0 Å². The number of aryl methyl sites for hydroxylation is 1. The van der Waals surface area contributed by atoms with Gasteiger partial charge >= 0.3 is 0 Å². The van der Waals surface area contributed by atoms with E-state index in [4.69, 9.17) is 4.42 Å². The van der Waals surface area contributed by atoms with Gasteiger partial charge in [-0.3, -0.25) is 9.59 Å². The highest BCUT2D eigenvalue weighted by Crippen LogP contribution is 2.33. The molecular formula is C23H30N2O3. The summed E-state index contributed by atoms with van der Waals surface area (Å²) in [7, 11) is 0. The zero-order valence-corrected chi connectivity index (χ0v) is 17.3. The third kappa shape index (κ3) is 5.24. The van der Waals surface area contributed by atoms with Gasteiger partial charge < -0.3 is 14.2 Å². The van der Waals surface area contributed by atoms with Crippen LogP contribution in [0.25, 0.3) is 0 Å². The van der Waals surface area contributed by atoms with Gasteiger partial charge in [0.2, 0.25) is 11.8 Å². The molecule has 28 heavy (non-hydrogen) atoms. The maximum atomic E-state index is 13.3. The molecule has 3 rings (SSSR count). The average molecular weight is 383 g/mol. The number of hydrogen-bond acceptors (Lipinski definition) is 3. The summed E-state index contributed by atoms with van der Waals surface area (Å²) in [6.45, 7) is 8.80. The highest BCUT2D eigenvalue weighted by atomic mass is 16.3. The Hall–Kier alpha value is -2.56. The van der Waals surface area contributed by atoms with Crippen molar-refractivity contribution >= 4 is 11.8 Å². The molecule has 0 radical (unpaired) electrons. The first kappa shape index (κ1) is 20.2. The predicted octanol–water partition coefficient (Wildman–Crippen LogP) is 4.15. The Labute approximate surface area is 167 Å². The van der Waals surface area contributed by atoms with E-state index in [0.29, 0.717) is 13.1 Å². The molecule has 0 spiro atoms. The summed E-state index contributed by atoms with van der Waals surface area (Å²) in [4.78, 5) is 29.5. The molecule has 2 amide bonds. The Morgan fingerprint density at radius 3 is 2.25 bits per heavy atom. The zero-order chi connectivity index (χ0) is 20.3. The summed E-state index contributed by atoms with van der Waals surface area (Å²) in [5.41, 5.74) is 0.657. The third-order valence-corrected chi connectivity index (χ3v) is 5.01. The third-order valence-electron chi connectivity index (χ3n) is 5.01. The Bertz CT molecular complexity index is 816. The topological polar surface area (TPSA) is 53.8 Å². The molecule has 1 aliphatic rings. The molecule has 1 heterocycles. The molecule has 1 fully saturated rings. The smallest absolute Gasteiger partial charge is 0.242 e. The predicted molar refractivity (Wildman–Crippen MR) is 108 cm³/mol. The SMILES string of the molecule is Cc1ccc(CN(Cc2ccccc2)C(=O)CN(C(=O)C2CC2)C(C)(C)C)o1. The maximum absolute atomic E-state index is 13.3. The van der Waals surface area contributed by atoms with Crippen LogP contribution in [0, 0.1) is 12.8 Å². The number of rotatable bonds is 7. The van der Waals surface area contributed by atoms with E-state index in [1.165, 1.54) is 0 Å². The summed E-state index contributed by atoms with van der Waals surface area (Å²) in [5.74, 6) is 1.68. The minimum Gasteiger partial charge on any atom is -0.464 e. The number of nitrogens with zero attached hydrogens (tertiary/aromatic N) is 2. The van der Waals surface area contributed by atoms with Crippen molar-refractivity contribution in [1.82, 2.24) is 9.80 Å². The molecule has 5 nitrogen and oxygen atoms in total. The molecule has 5 heteroatoms. The van der Waals surface area contributed by atoms with Gasteiger partial charge in [-0.15, -0.1) is 0 Å². The Morgan fingerprint density at radius 2 is 1.71 bits per heavy atom. The van der Waals surface area contributed by atoms with E-state index in [0.717, 1.165) is 29.9 Å². The van der Waals surface area contributed by atoms with Crippen LogP contribution in [0.1, 0.15) is 50.7 Å². The lowest BCUT2D eigenvalue weighted by Gasteiger charge is -2.37. The van der Waals surface area contributed by atoms with Crippen LogP contribution in [0.2, 0.25) is 0 Å². The van der Waals surface area contributed by atoms with E-state index >= 15 is 0 Å². The van der Waals surface area contributed by atoms with E-state index in [1.54, 1.807) is 9.80 Å². The van der Waals surface area contributed by atoms with Gasteiger partial charge in [0.05, 0.1) is 6.54 Å². The van der Waals surface area contributed by atoms with Crippen molar-refractivity contribution in [2.75, 3.05) is 6.54 Å². The molecule has 150 valence electrons. The van der Waals surface area contributed by atoms with Crippen molar-refractivity contribution in [3.05, 3.63) is 59.5 Å². The molecule has 1 aliphatic carbocycles. The summed E-state index contributed by atoms with van der Waals surface area (Å²) in [5, 5.41) is 0. The number of hydrogen-bond donors (Lipinski definition) is 0. The first-order chi connectivity index (χ1) is 13.2. The maximum Gasteiger partial charge on any atom is 0.242 e. The molecule has 0 aliphatic heterocycles. The van der Waals surface area contributed by atoms with Gasteiger partial charge in [-0.05, 0) is 58.2 Å². The van der Waals surface area contributed by atoms with Crippen LogP contribution < -0.4 is 0 Å². The molecule has 0 bridgehead atoms. The Balaban J connectivity index is 1.78. The molecule has 1 aromatic heterocycles. The molecular weight excluding hydrogens is 352 g/mol. The van der Waals surface area contributed by atoms with Crippen molar-refractivity contribution in [3.63, 3.8) is 0 Å². The van der Waals surface area contributed by atoms with E-state index < -0.39 is 5.54 Å². The lowest BCUT2D eigenvalue weighted by molar-refractivity contribution is -0.146. The quantitative estimate of drug-likeness (QED) is 0.723. The van der Waals surface area contributed by atoms with Crippen LogP contribution in [-0.4, -0.2) is 33.7 Å². The van der Waals surface area contributed by atoms with Crippen molar-refractivity contribution in [2.45, 2.75) is 59.2 Å². The van der Waals surface area contributed by atoms with Gasteiger partial charge in [0.1, 0.15) is 18.1 Å². The highest BCUT2D eigenvalue weighted by Gasteiger charge is 2.39. The normalized spacial score (nSPS) is 14.0. The van der Waals surface area contributed by atoms with Crippen molar-refractivity contribution in [3.8, 4) is 0 Å². The first-order valence-corrected chi connectivity index (χ1v) is 9.92. The van der Waals surface area contributed by atoms with Crippen LogP contribution in [0.3, 0.4) is 0 Å². The fourth-order valence-corrected chi connectivity index (χ4v) is 3.23. The van der Waals surface area contributed by atoms with Gasteiger partial charge in [-0.2, -0.15) is 0 Å². The summed E-state index contributed by atoms with van der Waals surface area (Å²) in [6, 6.07) is 13.7. The van der Waals surface area contributed by atoms with Gasteiger partial charge in [0.25, 0.3) is 0 Å². The second-order valence-electron chi connectivity index (χ2n) is 8.62. The number of carbonyl (C=O) groups excluding carboxylic acids is 2. The highest BCUT2D eigenvalue weighted by molar-refractivity contribution is 5.87. The van der Waals surface area contributed by atoms with Crippen molar-refractivity contribution < 1.29 is 14.0 Å². The second kappa shape index (κ2) is 8.21. The lowest BCUT2D eigenvalue weighted by Crippen LogP contribution is -2.51.